The molecule has 0 bridgehead atoms. The molecule has 2 aromatic rings. The smallest absolute Gasteiger partial charge is 0.141 e. The molecule has 0 radical (unpaired) electrons. The lowest BCUT2D eigenvalue weighted by molar-refractivity contribution is 1.15. The van der Waals surface area contributed by atoms with Crippen LogP contribution in [0.1, 0.15) is 17.0 Å². The maximum Gasteiger partial charge on any atom is 0.141 e. The van der Waals surface area contributed by atoms with Crippen molar-refractivity contribution in [2.24, 2.45) is 0 Å². The molecule has 1 aromatic carbocycles. The highest BCUT2D eigenvalue weighted by Gasteiger charge is 2.11. The van der Waals surface area contributed by atoms with Gasteiger partial charge in [0.25, 0.3) is 0 Å². The maximum atomic E-state index is 9.18. The minimum Gasteiger partial charge on any atom is -0.241 e. The summed E-state index contributed by atoms with van der Waals surface area (Å²) in [7, 11) is 0. The number of aromatic nitrogens is 1. The van der Waals surface area contributed by atoms with Crippen molar-refractivity contribution >= 4 is 11.6 Å². The lowest BCUT2D eigenvalue weighted by Crippen LogP contribution is -1.95. The van der Waals surface area contributed by atoms with E-state index in [2.05, 4.69) is 11.1 Å². The second-order valence-corrected chi connectivity index (χ2v) is 4.18. The van der Waals surface area contributed by atoms with Gasteiger partial charge in [-0.2, -0.15) is 10.5 Å². The van der Waals surface area contributed by atoms with Crippen LogP contribution in [0.4, 0.5) is 0 Å². The van der Waals surface area contributed by atoms with Gasteiger partial charge in [-0.3, -0.25) is 0 Å². The first kappa shape index (κ1) is 12.1. The zero-order valence-electron chi connectivity index (χ0n) is 9.61. The molecule has 0 amide bonds. The summed E-state index contributed by atoms with van der Waals surface area (Å²) < 4.78 is 0. The summed E-state index contributed by atoms with van der Waals surface area (Å²) in [5.74, 6) is 0. The Morgan fingerprint density at radius 1 is 1.11 bits per heavy atom. The number of hydrogen-bond acceptors (Lipinski definition) is 3. The zero-order valence-corrected chi connectivity index (χ0v) is 10.4. The Morgan fingerprint density at radius 3 is 2.33 bits per heavy atom. The molecule has 0 N–H and O–H groups in total. The lowest BCUT2D eigenvalue weighted by atomic mass is 9.99. The van der Waals surface area contributed by atoms with Gasteiger partial charge in [-0.25, -0.2) is 4.98 Å². The molecule has 0 atom stereocenters. The Morgan fingerprint density at radius 2 is 1.78 bits per heavy atom. The highest BCUT2D eigenvalue weighted by molar-refractivity contribution is 6.30. The topological polar surface area (TPSA) is 60.5 Å². The molecule has 0 saturated carbocycles. The minimum atomic E-state index is 0.302. The Labute approximate surface area is 110 Å². The number of benzene rings is 1. The third-order valence-corrected chi connectivity index (χ3v) is 2.83. The zero-order chi connectivity index (χ0) is 13.1. The van der Waals surface area contributed by atoms with Crippen LogP contribution in [0.15, 0.2) is 30.3 Å². The first-order chi connectivity index (χ1) is 8.65. The van der Waals surface area contributed by atoms with E-state index < -0.39 is 0 Å². The average Bonchev–Trinajstić information content (AvgIpc) is 2.38. The van der Waals surface area contributed by atoms with Gasteiger partial charge in [0.2, 0.25) is 0 Å². The van der Waals surface area contributed by atoms with Gasteiger partial charge in [0.1, 0.15) is 17.8 Å². The lowest BCUT2D eigenvalue weighted by Gasteiger charge is -2.07. The summed E-state index contributed by atoms with van der Waals surface area (Å²) in [6.45, 7) is 1.72. The molecular formula is C14H8ClN3. The highest BCUT2D eigenvalue weighted by Crippen LogP contribution is 2.26. The van der Waals surface area contributed by atoms with Gasteiger partial charge in [-0.1, -0.05) is 23.7 Å². The molecule has 0 unspecified atom stereocenters. The summed E-state index contributed by atoms with van der Waals surface area (Å²) in [5, 5.41) is 18.7. The largest absolute Gasteiger partial charge is 0.241 e. The first-order valence-electron chi connectivity index (χ1n) is 5.23. The molecule has 0 aliphatic heterocycles. The number of rotatable bonds is 1. The second kappa shape index (κ2) is 4.87. The fourth-order valence-electron chi connectivity index (χ4n) is 1.73. The first-order valence-corrected chi connectivity index (χ1v) is 5.61. The standard InChI is InChI=1S/C14H8ClN3/c1-9-14(8-17)13(6-12(7-16)18-9)10-2-4-11(15)5-3-10/h2-6H,1H3. The molecule has 0 aliphatic rings. The molecule has 4 heteroatoms. The molecule has 0 saturated heterocycles. The number of halogens is 1. The normalized spacial score (nSPS) is 9.56. The molecule has 0 fully saturated rings. The van der Waals surface area contributed by atoms with Crippen molar-refractivity contribution in [2.75, 3.05) is 0 Å². The van der Waals surface area contributed by atoms with Crippen molar-refractivity contribution in [1.82, 2.24) is 4.98 Å². The SMILES string of the molecule is Cc1nc(C#N)cc(-c2ccc(Cl)cc2)c1C#N. The number of aryl methyl sites for hydroxylation is 1. The van der Waals surface area contributed by atoms with E-state index in [9.17, 15) is 5.26 Å². The predicted molar refractivity (Wildman–Crippen MR) is 68.9 cm³/mol. The molecule has 0 aliphatic carbocycles. The van der Waals surface area contributed by atoms with Gasteiger partial charge in [-0.05, 0) is 30.7 Å². The summed E-state index contributed by atoms with van der Waals surface area (Å²) in [6, 6.07) is 12.9. The van der Waals surface area contributed by atoms with Crippen molar-refractivity contribution in [1.29, 1.82) is 10.5 Å². The van der Waals surface area contributed by atoms with Gasteiger partial charge >= 0.3 is 0 Å². The van der Waals surface area contributed by atoms with E-state index in [0.29, 0.717) is 27.5 Å². The third-order valence-electron chi connectivity index (χ3n) is 2.58. The number of nitrogens with zero attached hydrogens (tertiary/aromatic N) is 3. The van der Waals surface area contributed by atoms with E-state index >= 15 is 0 Å². The molecule has 86 valence electrons. The average molecular weight is 254 g/mol. The van der Waals surface area contributed by atoms with Gasteiger partial charge < -0.3 is 0 Å². The van der Waals surface area contributed by atoms with E-state index in [1.54, 1.807) is 25.1 Å². The summed E-state index contributed by atoms with van der Waals surface area (Å²) >= 11 is 5.83. The van der Waals surface area contributed by atoms with Crippen molar-refractivity contribution in [2.45, 2.75) is 6.92 Å². The summed E-state index contributed by atoms with van der Waals surface area (Å²) in [4.78, 5) is 4.06. The van der Waals surface area contributed by atoms with Gasteiger partial charge in [0.15, 0.2) is 0 Å². The van der Waals surface area contributed by atoms with Crippen molar-refractivity contribution in [3.8, 4) is 23.3 Å². The van der Waals surface area contributed by atoms with Crippen LogP contribution >= 0.6 is 11.6 Å². The molecule has 1 heterocycles. The molecular weight excluding hydrogens is 246 g/mol. The van der Waals surface area contributed by atoms with E-state index in [-0.39, 0.29) is 0 Å². The summed E-state index contributed by atoms with van der Waals surface area (Å²) in [5.41, 5.74) is 2.89. The van der Waals surface area contributed by atoms with E-state index in [4.69, 9.17) is 16.9 Å². The van der Waals surface area contributed by atoms with Crippen molar-refractivity contribution in [3.63, 3.8) is 0 Å². The van der Waals surface area contributed by atoms with E-state index in [0.717, 1.165) is 5.56 Å². The van der Waals surface area contributed by atoms with Crippen LogP contribution in [0.3, 0.4) is 0 Å². The fraction of sp³-hybridized carbons (Fsp3) is 0.0714. The molecule has 3 nitrogen and oxygen atoms in total. The van der Waals surface area contributed by atoms with Crippen LogP contribution in [0, 0.1) is 29.6 Å². The van der Waals surface area contributed by atoms with Crippen LogP contribution in [-0.2, 0) is 0 Å². The van der Waals surface area contributed by atoms with Crippen LogP contribution in [-0.4, -0.2) is 4.98 Å². The van der Waals surface area contributed by atoms with E-state index in [1.807, 2.05) is 18.2 Å². The Kier molecular flexibility index (Phi) is 3.28. The van der Waals surface area contributed by atoms with Crippen LogP contribution in [0.5, 0.6) is 0 Å². The monoisotopic (exact) mass is 253 g/mol. The minimum absolute atomic E-state index is 0.302. The van der Waals surface area contributed by atoms with E-state index in [1.165, 1.54) is 0 Å². The highest BCUT2D eigenvalue weighted by atomic mass is 35.5. The third kappa shape index (κ3) is 2.18. The van der Waals surface area contributed by atoms with Gasteiger partial charge in [0.05, 0.1) is 11.3 Å². The molecule has 18 heavy (non-hydrogen) atoms. The van der Waals surface area contributed by atoms with Crippen molar-refractivity contribution in [3.05, 3.63) is 52.3 Å². The van der Waals surface area contributed by atoms with Gasteiger partial charge in [0, 0.05) is 10.6 Å². The van der Waals surface area contributed by atoms with Crippen LogP contribution in [0.25, 0.3) is 11.1 Å². The Bertz CT molecular complexity index is 676. The fourth-order valence-corrected chi connectivity index (χ4v) is 1.85. The maximum absolute atomic E-state index is 9.18. The van der Waals surface area contributed by atoms with Gasteiger partial charge in [-0.15, -0.1) is 0 Å². The quantitative estimate of drug-likeness (QED) is 0.782. The summed E-state index contributed by atoms with van der Waals surface area (Å²) in [6.07, 6.45) is 0. The number of pyridine rings is 1. The Hall–Kier alpha value is -2.36. The number of nitriles is 2. The van der Waals surface area contributed by atoms with Crippen molar-refractivity contribution < 1.29 is 0 Å². The second-order valence-electron chi connectivity index (χ2n) is 3.75. The van der Waals surface area contributed by atoms with Crippen LogP contribution < -0.4 is 0 Å². The predicted octanol–water partition coefficient (Wildman–Crippen LogP) is 3.45. The molecule has 2 rings (SSSR count). The van der Waals surface area contributed by atoms with Crippen LogP contribution in [0.2, 0.25) is 5.02 Å². The number of hydrogen-bond donors (Lipinski definition) is 0. The Balaban J connectivity index is 2.70. The molecule has 1 aromatic heterocycles. The molecule has 0 spiro atoms.